The van der Waals surface area contributed by atoms with Crippen molar-refractivity contribution in [1.29, 1.82) is 0 Å². The average Bonchev–Trinajstić information content (AvgIpc) is 2.51. The van der Waals surface area contributed by atoms with Crippen LogP contribution < -0.4 is 11.1 Å². The second-order valence-corrected chi connectivity index (χ2v) is 5.68. The van der Waals surface area contributed by atoms with E-state index in [-0.39, 0.29) is 5.91 Å². The SMILES string of the molecule is Cc1ccc(CCCC(=O)NCCc2ccc(N)cc2)cc1. The van der Waals surface area contributed by atoms with Gasteiger partial charge in [-0.3, -0.25) is 4.79 Å². The number of carbonyl (C=O) groups is 1. The Hall–Kier alpha value is -2.29. The average molecular weight is 296 g/mol. The summed E-state index contributed by atoms with van der Waals surface area (Å²) in [6, 6.07) is 16.3. The standard InChI is InChI=1S/C19H24N2O/c1-15-5-7-16(8-6-15)3-2-4-19(22)21-14-13-17-9-11-18(20)12-10-17/h5-12H,2-4,13-14,20H2,1H3,(H,21,22). The summed E-state index contributed by atoms with van der Waals surface area (Å²) in [5.74, 6) is 0.127. The molecule has 0 bridgehead atoms. The fourth-order valence-electron chi connectivity index (χ4n) is 2.33. The molecule has 3 nitrogen and oxygen atoms in total. The van der Waals surface area contributed by atoms with Crippen molar-refractivity contribution in [3.05, 3.63) is 65.2 Å². The molecule has 2 aromatic carbocycles. The van der Waals surface area contributed by atoms with Gasteiger partial charge < -0.3 is 11.1 Å². The lowest BCUT2D eigenvalue weighted by atomic mass is 10.1. The van der Waals surface area contributed by atoms with E-state index >= 15 is 0 Å². The zero-order valence-electron chi connectivity index (χ0n) is 13.1. The molecule has 1 amide bonds. The summed E-state index contributed by atoms with van der Waals surface area (Å²) in [6.07, 6.45) is 3.25. The van der Waals surface area contributed by atoms with Crippen LogP contribution in [0.3, 0.4) is 0 Å². The van der Waals surface area contributed by atoms with Crippen molar-refractivity contribution in [2.45, 2.75) is 32.6 Å². The molecule has 0 aliphatic carbocycles. The van der Waals surface area contributed by atoms with Crippen LogP contribution in [0.5, 0.6) is 0 Å². The maximum absolute atomic E-state index is 11.8. The van der Waals surface area contributed by atoms with Crippen LogP contribution in [-0.2, 0) is 17.6 Å². The van der Waals surface area contributed by atoms with Crippen LogP contribution in [0.2, 0.25) is 0 Å². The number of anilines is 1. The quantitative estimate of drug-likeness (QED) is 0.771. The molecule has 2 aromatic rings. The molecule has 0 saturated carbocycles. The van der Waals surface area contributed by atoms with E-state index in [9.17, 15) is 4.79 Å². The van der Waals surface area contributed by atoms with Crippen LogP contribution in [0.25, 0.3) is 0 Å². The maximum Gasteiger partial charge on any atom is 0.220 e. The molecular weight excluding hydrogens is 272 g/mol. The molecule has 0 atom stereocenters. The normalized spacial score (nSPS) is 10.4. The van der Waals surface area contributed by atoms with Gasteiger partial charge in [0.2, 0.25) is 5.91 Å². The summed E-state index contributed by atoms with van der Waals surface area (Å²) in [5, 5.41) is 2.97. The van der Waals surface area contributed by atoms with Crippen LogP contribution in [-0.4, -0.2) is 12.5 Å². The van der Waals surface area contributed by atoms with Gasteiger partial charge in [0.15, 0.2) is 0 Å². The number of rotatable bonds is 7. The van der Waals surface area contributed by atoms with Crippen molar-refractivity contribution in [2.75, 3.05) is 12.3 Å². The number of carbonyl (C=O) groups excluding carboxylic acids is 1. The highest BCUT2D eigenvalue weighted by molar-refractivity contribution is 5.75. The summed E-state index contributed by atoms with van der Waals surface area (Å²) in [5.41, 5.74) is 10.2. The highest BCUT2D eigenvalue weighted by Crippen LogP contribution is 2.08. The molecule has 116 valence electrons. The van der Waals surface area contributed by atoms with Gasteiger partial charge in [-0.1, -0.05) is 42.0 Å². The van der Waals surface area contributed by atoms with Gasteiger partial charge >= 0.3 is 0 Å². The Balaban J connectivity index is 1.61. The van der Waals surface area contributed by atoms with Crippen molar-refractivity contribution in [1.82, 2.24) is 5.32 Å². The summed E-state index contributed by atoms with van der Waals surface area (Å²) < 4.78 is 0. The first kappa shape index (κ1) is 16.1. The maximum atomic E-state index is 11.8. The van der Waals surface area contributed by atoms with Gasteiger partial charge in [0.25, 0.3) is 0 Å². The minimum atomic E-state index is 0.127. The number of hydrogen-bond acceptors (Lipinski definition) is 2. The third-order valence-corrected chi connectivity index (χ3v) is 3.71. The fourth-order valence-corrected chi connectivity index (χ4v) is 2.33. The lowest BCUT2D eigenvalue weighted by molar-refractivity contribution is -0.121. The molecule has 0 aromatic heterocycles. The minimum Gasteiger partial charge on any atom is -0.399 e. The summed E-state index contributed by atoms with van der Waals surface area (Å²) in [4.78, 5) is 11.8. The zero-order chi connectivity index (χ0) is 15.8. The second kappa shape index (κ2) is 8.23. The number of nitrogens with one attached hydrogen (secondary N) is 1. The van der Waals surface area contributed by atoms with Crippen LogP contribution in [0.1, 0.15) is 29.5 Å². The van der Waals surface area contributed by atoms with Crippen LogP contribution >= 0.6 is 0 Å². The highest BCUT2D eigenvalue weighted by atomic mass is 16.1. The highest BCUT2D eigenvalue weighted by Gasteiger charge is 2.02. The molecule has 0 aliphatic heterocycles. The largest absolute Gasteiger partial charge is 0.399 e. The van der Waals surface area contributed by atoms with Crippen LogP contribution in [0.15, 0.2) is 48.5 Å². The van der Waals surface area contributed by atoms with Crippen molar-refractivity contribution < 1.29 is 4.79 Å². The van der Waals surface area contributed by atoms with Crippen molar-refractivity contribution in [2.24, 2.45) is 0 Å². The molecule has 0 saturated heterocycles. The number of nitrogen functional groups attached to an aromatic ring is 1. The van der Waals surface area contributed by atoms with Gasteiger partial charge in [-0.15, -0.1) is 0 Å². The Kier molecular flexibility index (Phi) is 6.01. The Bertz CT molecular complexity index is 534. The Morgan fingerprint density at radius 2 is 1.55 bits per heavy atom. The monoisotopic (exact) mass is 296 g/mol. The minimum absolute atomic E-state index is 0.127. The number of amides is 1. The van der Waals surface area contributed by atoms with Gasteiger partial charge in [0, 0.05) is 18.7 Å². The fraction of sp³-hybridized carbons (Fsp3) is 0.316. The van der Waals surface area contributed by atoms with Crippen molar-refractivity contribution in [3.63, 3.8) is 0 Å². The molecule has 0 heterocycles. The number of benzene rings is 2. The van der Waals surface area contributed by atoms with Gasteiger partial charge in [-0.25, -0.2) is 0 Å². The molecule has 22 heavy (non-hydrogen) atoms. The lowest BCUT2D eigenvalue weighted by Crippen LogP contribution is -2.25. The first-order valence-corrected chi connectivity index (χ1v) is 7.80. The van der Waals surface area contributed by atoms with E-state index in [1.807, 2.05) is 24.3 Å². The van der Waals surface area contributed by atoms with Crippen molar-refractivity contribution in [3.8, 4) is 0 Å². The lowest BCUT2D eigenvalue weighted by Gasteiger charge is -2.06. The van der Waals surface area contributed by atoms with E-state index in [1.165, 1.54) is 16.7 Å². The number of hydrogen-bond donors (Lipinski definition) is 2. The van der Waals surface area contributed by atoms with E-state index in [0.29, 0.717) is 13.0 Å². The molecule has 2 rings (SSSR count). The van der Waals surface area contributed by atoms with Crippen molar-refractivity contribution >= 4 is 11.6 Å². The van der Waals surface area contributed by atoms with Crippen LogP contribution in [0.4, 0.5) is 5.69 Å². The molecule has 0 radical (unpaired) electrons. The van der Waals surface area contributed by atoms with Crippen LogP contribution in [0, 0.1) is 6.92 Å². The molecule has 0 fully saturated rings. The molecule has 0 unspecified atom stereocenters. The molecule has 0 spiro atoms. The third kappa shape index (κ3) is 5.60. The summed E-state index contributed by atoms with van der Waals surface area (Å²) in [7, 11) is 0. The number of nitrogens with two attached hydrogens (primary N) is 1. The van der Waals surface area contributed by atoms with Gasteiger partial charge in [-0.2, -0.15) is 0 Å². The summed E-state index contributed by atoms with van der Waals surface area (Å²) >= 11 is 0. The molecule has 3 heteroatoms. The molecule has 3 N–H and O–H groups in total. The Morgan fingerprint density at radius 1 is 0.955 bits per heavy atom. The number of aryl methyl sites for hydroxylation is 2. The van der Waals surface area contributed by atoms with E-state index in [0.717, 1.165) is 24.9 Å². The summed E-state index contributed by atoms with van der Waals surface area (Å²) in [6.45, 7) is 2.76. The van der Waals surface area contributed by atoms with Gasteiger partial charge in [0.1, 0.15) is 0 Å². The molecule has 0 aliphatic rings. The first-order chi connectivity index (χ1) is 10.6. The Morgan fingerprint density at radius 3 is 2.23 bits per heavy atom. The predicted octanol–water partition coefficient (Wildman–Crippen LogP) is 3.26. The zero-order valence-corrected chi connectivity index (χ0v) is 13.1. The first-order valence-electron chi connectivity index (χ1n) is 7.80. The molecular formula is C19H24N2O. The van der Waals surface area contributed by atoms with E-state index in [1.54, 1.807) is 0 Å². The van der Waals surface area contributed by atoms with E-state index in [4.69, 9.17) is 5.73 Å². The van der Waals surface area contributed by atoms with E-state index < -0.39 is 0 Å². The smallest absolute Gasteiger partial charge is 0.220 e. The third-order valence-electron chi connectivity index (χ3n) is 3.71. The topological polar surface area (TPSA) is 55.1 Å². The second-order valence-electron chi connectivity index (χ2n) is 5.68. The predicted molar refractivity (Wildman–Crippen MR) is 91.7 cm³/mol. The van der Waals surface area contributed by atoms with E-state index in [2.05, 4.69) is 36.5 Å². The van der Waals surface area contributed by atoms with Gasteiger partial charge in [-0.05, 0) is 49.4 Å². The van der Waals surface area contributed by atoms with Gasteiger partial charge in [0.05, 0.1) is 0 Å². The Labute approximate surface area is 132 Å².